The van der Waals surface area contributed by atoms with E-state index >= 15 is 0 Å². The van der Waals surface area contributed by atoms with Crippen molar-refractivity contribution < 1.29 is 11.0 Å². The van der Waals surface area contributed by atoms with E-state index in [-0.39, 0.29) is 24.7 Å². The summed E-state index contributed by atoms with van der Waals surface area (Å²) in [5, 5.41) is 3.32. The number of rotatable bonds is 9. The summed E-state index contributed by atoms with van der Waals surface area (Å²) in [6, 6.07) is 24.1. The van der Waals surface area contributed by atoms with Crippen molar-refractivity contribution in [2.75, 3.05) is 26.2 Å². The molecule has 3 heterocycles. The predicted molar refractivity (Wildman–Crippen MR) is 151 cm³/mol. The number of hydrogen-bond acceptors (Lipinski definition) is 4. The number of pyridine rings is 1. The summed E-state index contributed by atoms with van der Waals surface area (Å²) >= 11 is 0. The molecule has 2 aliphatic heterocycles. The number of hydrogen-bond donors (Lipinski definition) is 1. The SMILES string of the molecule is C[C@@H](C(=O)N[C@@H](CCN1CCC2(CC1)CCN(Cc1cccnc1)C2=O)c1ccccc1)c1ccccc1.[HH]. The summed E-state index contributed by atoms with van der Waals surface area (Å²) in [6.07, 6.45) is 7.21. The van der Waals surface area contributed by atoms with Gasteiger partial charge in [0.2, 0.25) is 11.8 Å². The molecule has 0 radical (unpaired) electrons. The van der Waals surface area contributed by atoms with Crippen molar-refractivity contribution in [3.8, 4) is 0 Å². The molecule has 6 nitrogen and oxygen atoms in total. The lowest BCUT2D eigenvalue weighted by molar-refractivity contribution is -0.139. The molecular weight excluding hydrogens is 472 g/mol. The van der Waals surface area contributed by atoms with Crippen LogP contribution in [-0.2, 0) is 16.1 Å². The van der Waals surface area contributed by atoms with Crippen LogP contribution in [0.2, 0.25) is 0 Å². The summed E-state index contributed by atoms with van der Waals surface area (Å²) < 4.78 is 0. The van der Waals surface area contributed by atoms with E-state index in [2.05, 4.69) is 27.3 Å². The molecule has 38 heavy (non-hydrogen) atoms. The van der Waals surface area contributed by atoms with Gasteiger partial charge in [0, 0.05) is 33.5 Å². The Morgan fingerprint density at radius 3 is 2.26 bits per heavy atom. The molecule has 5 rings (SSSR count). The number of benzene rings is 2. The minimum Gasteiger partial charge on any atom is -0.349 e. The predicted octanol–water partition coefficient (Wildman–Crippen LogP) is 5.19. The maximum Gasteiger partial charge on any atom is 0.229 e. The van der Waals surface area contributed by atoms with Gasteiger partial charge >= 0.3 is 0 Å². The zero-order valence-corrected chi connectivity index (χ0v) is 22.3. The van der Waals surface area contributed by atoms with Crippen molar-refractivity contribution in [2.24, 2.45) is 5.41 Å². The molecule has 2 saturated heterocycles. The van der Waals surface area contributed by atoms with Gasteiger partial charge in [-0.1, -0.05) is 66.7 Å². The molecule has 2 aromatic carbocycles. The lowest BCUT2D eigenvalue weighted by Gasteiger charge is -2.38. The van der Waals surface area contributed by atoms with Crippen molar-refractivity contribution in [1.82, 2.24) is 20.1 Å². The first-order chi connectivity index (χ1) is 18.5. The summed E-state index contributed by atoms with van der Waals surface area (Å²) in [5.41, 5.74) is 3.03. The molecule has 0 unspecified atom stereocenters. The monoisotopic (exact) mass is 512 g/mol. The Kier molecular flexibility index (Phi) is 8.18. The van der Waals surface area contributed by atoms with E-state index in [0.29, 0.717) is 12.5 Å². The second kappa shape index (κ2) is 11.9. The van der Waals surface area contributed by atoms with Gasteiger partial charge in [-0.25, -0.2) is 0 Å². The molecular formula is C32H40N4O2. The van der Waals surface area contributed by atoms with Crippen molar-refractivity contribution in [2.45, 2.75) is 51.1 Å². The number of carbonyl (C=O) groups excluding carboxylic acids is 2. The average molecular weight is 513 g/mol. The number of aromatic nitrogens is 1. The zero-order chi connectivity index (χ0) is 26.4. The molecule has 0 aliphatic carbocycles. The third-order valence-electron chi connectivity index (χ3n) is 8.46. The molecule has 2 aliphatic rings. The summed E-state index contributed by atoms with van der Waals surface area (Å²) in [7, 11) is 0. The van der Waals surface area contributed by atoms with Crippen molar-refractivity contribution in [3.63, 3.8) is 0 Å². The zero-order valence-electron chi connectivity index (χ0n) is 22.3. The van der Waals surface area contributed by atoms with Gasteiger partial charge in [-0.3, -0.25) is 14.6 Å². The Bertz CT molecular complexity index is 1200. The van der Waals surface area contributed by atoms with E-state index in [1.54, 1.807) is 6.20 Å². The lowest BCUT2D eigenvalue weighted by Crippen LogP contribution is -2.45. The van der Waals surface area contributed by atoms with E-state index in [9.17, 15) is 9.59 Å². The Morgan fingerprint density at radius 1 is 0.947 bits per heavy atom. The van der Waals surface area contributed by atoms with Gasteiger partial charge in [-0.2, -0.15) is 0 Å². The molecule has 2 atom stereocenters. The molecule has 0 bridgehead atoms. The number of carbonyl (C=O) groups is 2. The molecule has 1 N–H and O–H groups in total. The summed E-state index contributed by atoms with van der Waals surface area (Å²) in [5.74, 6) is 0.151. The molecule has 1 aromatic heterocycles. The van der Waals surface area contributed by atoms with Gasteiger partial charge in [0.1, 0.15) is 0 Å². The first kappa shape index (κ1) is 26.1. The third-order valence-corrected chi connectivity index (χ3v) is 8.46. The molecule has 1 spiro atoms. The van der Waals surface area contributed by atoms with Crippen molar-refractivity contribution >= 4 is 11.8 Å². The van der Waals surface area contributed by atoms with Crippen LogP contribution in [0.4, 0.5) is 0 Å². The standard InChI is InChI=1S/C32H38N4O2.H2/c1-25(27-10-4-2-5-11-27)30(37)34-29(28-12-6-3-7-13-28)14-19-35-20-15-32(16-21-35)17-22-36(31(32)38)24-26-9-8-18-33-23-26;/h2-13,18,23,25,29H,14-17,19-22,24H2,1H3,(H,34,37);1H/t25-,29+;/m1./s1. The minimum atomic E-state index is -0.211. The van der Waals surface area contributed by atoms with Gasteiger partial charge < -0.3 is 15.1 Å². The maximum atomic E-state index is 13.4. The van der Waals surface area contributed by atoms with E-state index in [1.165, 1.54) is 0 Å². The van der Waals surface area contributed by atoms with E-state index in [4.69, 9.17) is 0 Å². The van der Waals surface area contributed by atoms with Gasteiger partial charge in [0.15, 0.2) is 0 Å². The van der Waals surface area contributed by atoms with Crippen LogP contribution in [0.25, 0.3) is 0 Å². The molecule has 3 aromatic rings. The number of amides is 2. The minimum absolute atomic E-state index is 0. The fraction of sp³-hybridized carbons (Fsp3) is 0.406. The van der Waals surface area contributed by atoms with Crippen LogP contribution >= 0.6 is 0 Å². The van der Waals surface area contributed by atoms with E-state index < -0.39 is 0 Å². The number of nitrogens with one attached hydrogen (secondary N) is 1. The normalized spacial score (nSPS) is 18.9. The number of piperidine rings is 1. The molecule has 2 amide bonds. The lowest BCUT2D eigenvalue weighted by atomic mass is 9.77. The summed E-state index contributed by atoms with van der Waals surface area (Å²) in [6.45, 7) is 6.17. The molecule has 0 saturated carbocycles. The highest BCUT2D eigenvalue weighted by Gasteiger charge is 2.47. The van der Waals surface area contributed by atoms with Crippen molar-refractivity contribution in [1.29, 1.82) is 0 Å². The van der Waals surface area contributed by atoms with Gasteiger partial charge in [0.05, 0.1) is 17.4 Å². The largest absolute Gasteiger partial charge is 0.349 e. The molecule has 2 fully saturated rings. The van der Waals surface area contributed by atoms with Crippen LogP contribution in [0.3, 0.4) is 0 Å². The van der Waals surface area contributed by atoms with Gasteiger partial charge in [0.25, 0.3) is 0 Å². The fourth-order valence-corrected chi connectivity index (χ4v) is 5.93. The smallest absolute Gasteiger partial charge is 0.229 e. The van der Waals surface area contributed by atoms with E-state index in [0.717, 1.165) is 68.6 Å². The van der Waals surface area contributed by atoms with Crippen LogP contribution in [0, 0.1) is 5.41 Å². The van der Waals surface area contributed by atoms with Gasteiger partial charge in [-0.05, 0) is 68.5 Å². The fourth-order valence-electron chi connectivity index (χ4n) is 5.93. The highest BCUT2D eigenvalue weighted by Crippen LogP contribution is 2.42. The van der Waals surface area contributed by atoms with Crippen LogP contribution < -0.4 is 5.32 Å². The maximum absolute atomic E-state index is 13.4. The van der Waals surface area contributed by atoms with Crippen LogP contribution in [0.5, 0.6) is 0 Å². The second-order valence-electron chi connectivity index (χ2n) is 10.9. The number of nitrogens with zero attached hydrogens (tertiary/aromatic N) is 3. The highest BCUT2D eigenvalue weighted by atomic mass is 16.2. The third kappa shape index (κ3) is 5.97. The van der Waals surface area contributed by atoms with Crippen molar-refractivity contribution in [3.05, 3.63) is 102 Å². The Morgan fingerprint density at radius 2 is 1.61 bits per heavy atom. The second-order valence-corrected chi connectivity index (χ2v) is 10.9. The van der Waals surface area contributed by atoms with Crippen LogP contribution in [0.15, 0.2) is 85.2 Å². The first-order valence-corrected chi connectivity index (χ1v) is 13.8. The Labute approximate surface area is 227 Å². The highest BCUT2D eigenvalue weighted by molar-refractivity contribution is 5.85. The topological polar surface area (TPSA) is 65.5 Å². The first-order valence-electron chi connectivity index (χ1n) is 13.8. The van der Waals surface area contributed by atoms with Crippen LogP contribution in [-0.4, -0.2) is 52.8 Å². The van der Waals surface area contributed by atoms with Crippen LogP contribution in [0.1, 0.15) is 62.7 Å². The Hall–Kier alpha value is -3.51. The van der Waals surface area contributed by atoms with Gasteiger partial charge in [-0.15, -0.1) is 0 Å². The molecule has 6 heteroatoms. The quantitative estimate of drug-likeness (QED) is 0.428. The Balaban J connectivity index is 0.00000353. The average Bonchev–Trinajstić information content (AvgIpc) is 3.26. The number of likely N-dealkylation sites (tertiary alicyclic amines) is 2. The summed E-state index contributed by atoms with van der Waals surface area (Å²) in [4.78, 5) is 35.2. The van der Waals surface area contributed by atoms with E-state index in [1.807, 2.05) is 78.7 Å². The molecule has 200 valence electrons.